The number of rotatable bonds is 61. The molecular formula is C110H128N6O26. The SMILES string of the molecule is CCCCOCCCN(Cc1cc(C)cc(-c2cc(C)cc(-c3cc(C)cc(N(CCCOCCCC)C(=O)c4ccccc4)c3OCC(=O)O)c2OCC(=O)O)c1OCC(=O)O)C(=O)c1ccnc(-c2cc(C(=O)N(CCCOCCCC)Cc3cc(C)cc(-c4cc(C)cc(-c5cc(C)cc(N(CCCOCCCC)C(=O)c6ccccc6)c5OCC(=O)O)c4OCC(=O)O)c3OCC(=O)O)ccn2)c1. The van der Waals surface area contributed by atoms with E-state index in [2.05, 4.69) is 0 Å². The molecular weight excluding hydrogens is 1820 g/mol. The van der Waals surface area contributed by atoms with Crippen LogP contribution in [0.15, 0.2) is 170 Å². The topological polar surface area (TPSA) is 423 Å². The summed E-state index contributed by atoms with van der Waals surface area (Å²) in [7, 11) is 0. The molecule has 0 aliphatic carbocycles. The summed E-state index contributed by atoms with van der Waals surface area (Å²) in [5, 5.41) is 62.6. The number of carboxylic acids is 6. The maximum atomic E-state index is 15.9. The molecule has 10 aromatic rings. The summed E-state index contributed by atoms with van der Waals surface area (Å²) in [6, 6.07) is 43.5. The van der Waals surface area contributed by atoms with Crippen molar-refractivity contribution in [3.05, 3.63) is 237 Å². The molecule has 0 atom stereocenters. The molecule has 0 aliphatic heterocycles. The van der Waals surface area contributed by atoms with Gasteiger partial charge in [-0.3, -0.25) is 29.1 Å². The van der Waals surface area contributed by atoms with Crippen molar-refractivity contribution in [3.8, 4) is 90.4 Å². The highest BCUT2D eigenvalue weighted by molar-refractivity contribution is 6.09. The molecule has 0 saturated heterocycles. The maximum absolute atomic E-state index is 15.9. The van der Waals surface area contributed by atoms with Crippen molar-refractivity contribution in [1.29, 1.82) is 0 Å². The van der Waals surface area contributed by atoms with Crippen LogP contribution in [0.4, 0.5) is 11.4 Å². The number of nitrogens with zero attached hydrogens (tertiary/aromatic N) is 6. The Morgan fingerprint density at radius 1 is 0.268 bits per heavy atom. The Kier molecular flexibility index (Phi) is 42.7. The number of pyridine rings is 2. The summed E-state index contributed by atoms with van der Waals surface area (Å²) in [5.74, 6) is -10.5. The molecule has 32 nitrogen and oxygen atoms in total. The van der Waals surface area contributed by atoms with Crippen LogP contribution in [0.3, 0.4) is 0 Å². The number of unbranched alkanes of at least 4 members (excludes halogenated alkanes) is 4. The normalized spacial score (nSPS) is 11.1. The Morgan fingerprint density at radius 3 is 0.803 bits per heavy atom. The minimum Gasteiger partial charge on any atom is -0.481 e. The number of aliphatic carboxylic acids is 6. The fourth-order valence-corrected chi connectivity index (χ4v) is 16.3. The predicted molar refractivity (Wildman–Crippen MR) is 536 cm³/mol. The number of carbonyl (C=O) groups is 10. The van der Waals surface area contributed by atoms with E-state index in [1.54, 1.807) is 175 Å². The molecule has 2 aromatic heterocycles. The number of carbonyl (C=O) groups excluding carboxylic acids is 4. The summed E-state index contributed by atoms with van der Waals surface area (Å²) in [4.78, 5) is 154. The first-order valence-corrected chi connectivity index (χ1v) is 47.9. The van der Waals surface area contributed by atoms with Gasteiger partial charge in [-0.25, -0.2) is 28.8 Å². The lowest BCUT2D eigenvalue weighted by Gasteiger charge is -2.28. The van der Waals surface area contributed by atoms with E-state index in [4.69, 9.17) is 57.3 Å². The van der Waals surface area contributed by atoms with Gasteiger partial charge in [-0.05, 0) is 235 Å². The van der Waals surface area contributed by atoms with Gasteiger partial charge in [-0.2, -0.15) is 0 Å². The van der Waals surface area contributed by atoms with Gasteiger partial charge in [0.25, 0.3) is 23.6 Å². The number of carboxylic acid groups (broad SMARTS) is 6. The highest BCUT2D eigenvalue weighted by Gasteiger charge is 2.34. The predicted octanol–water partition coefficient (Wildman–Crippen LogP) is 18.8. The first-order chi connectivity index (χ1) is 68.4. The molecule has 10 rings (SSSR count). The Morgan fingerprint density at radius 2 is 0.514 bits per heavy atom. The number of amides is 4. The van der Waals surface area contributed by atoms with Crippen molar-refractivity contribution in [2.75, 3.05) is 128 Å². The van der Waals surface area contributed by atoms with Crippen LogP contribution >= 0.6 is 0 Å². The molecule has 8 aromatic carbocycles. The van der Waals surface area contributed by atoms with Crippen molar-refractivity contribution in [2.45, 2.75) is 159 Å². The zero-order valence-corrected chi connectivity index (χ0v) is 82.3. The Labute approximate surface area is 827 Å². The van der Waals surface area contributed by atoms with Gasteiger partial charge in [0.1, 0.15) is 23.0 Å². The van der Waals surface area contributed by atoms with Crippen molar-refractivity contribution >= 4 is 70.8 Å². The largest absolute Gasteiger partial charge is 0.481 e. The molecule has 6 N–H and O–H groups in total. The third-order valence-electron chi connectivity index (χ3n) is 22.7. The molecule has 0 radical (unpaired) electrons. The fourth-order valence-electron chi connectivity index (χ4n) is 16.3. The van der Waals surface area contributed by atoms with Gasteiger partial charge in [0, 0.05) is 182 Å². The van der Waals surface area contributed by atoms with Crippen LogP contribution in [0.25, 0.3) is 55.9 Å². The van der Waals surface area contributed by atoms with Crippen LogP contribution in [-0.2, 0) is 60.8 Å². The number of anilines is 2. The summed E-state index contributed by atoms with van der Waals surface area (Å²) >= 11 is 0. The van der Waals surface area contributed by atoms with E-state index in [0.717, 1.165) is 51.4 Å². The van der Waals surface area contributed by atoms with E-state index >= 15 is 9.59 Å². The summed E-state index contributed by atoms with van der Waals surface area (Å²) < 4.78 is 62.2. The molecule has 0 aliphatic rings. The molecule has 0 bridgehead atoms. The minimum absolute atomic E-state index is 0.0362. The maximum Gasteiger partial charge on any atom is 0.341 e. The number of hydrogen-bond donors (Lipinski definition) is 6. The van der Waals surface area contributed by atoms with E-state index in [-0.39, 0.29) is 179 Å². The molecule has 0 unspecified atom stereocenters. The average Bonchev–Trinajstić information content (AvgIpc) is 0.754. The summed E-state index contributed by atoms with van der Waals surface area (Å²) in [5.41, 5.74) is 7.03. The minimum atomic E-state index is -1.38. The Hall–Kier alpha value is -14.6. The molecule has 142 heavy (non-hydrogen) atoms. The van der Waals surface area contributed by atoms with Crippen molar-refractivity contribution in [2.24, 2.45) is 0 Å². The van der Waals surface area contributed by atoms with Crippen molar-refractivity contribution in [1.82, 2.24) is 19.8 Å². The highest BCUT2D eigenvalue weighted by atomic mass is 16.5. The second-order valence-electron chi connectivity index (χ2n) is 34.6. The first-order valence-electron chi connectivity index (χ1n) is 47.9. The Bertz CT molecular complexity index is 5670. The highest BCUT2D eigenvalue weighted by Crippen LogP contribution is 2.53. The van der Waals surface area contributed by atoms with Crippen LogP contribution in [-0.4, -0.2) is 229 Å². The molecule has 4 amide bonds. The molecule has 32 heteroatoms. The van der Waals surface area contributed by atoms with Gasteiger partial charge in [-0.1, -0.05) is 102 Å². The second kappa shape index (κ2) is 55.4. The summed E-state index contributed by atoms with van der Waals surface area (Å²) in [6.07, 6.45) is 10.9. The van der Waals surface area contributed by atoms with Gasteiger partial charge in [0.15, 0.2) is 51.1 Å². The van der Waals surface area contributed by atoms with Crippen molar-refractivity contribution in [3.63, 3.8) is 0 Å². The van der Waals surface area contributed by atoms with Crippen LogP contribution in [0.5, 0.6) is 34.5 Å². The van der Waals surface area contributed by atoms with Crippen LogP contribution in [0.1, 0.15) is 191 Å². The zero-order valence-electron chi connectivity index (χ0n) is 82.3. The van der Waals surface area contributed by atoms with Crippen molar-refractivity contribution < 1.29 is 126 Å². The zero-order chi connectivity index (χ0) is 102. The lowest BCUT2D eigenvalue weighted by Crippen LogP contribution is -2.33. The van der Waals surface area contributed by atoms with Crippen LogP contribution in [0, 0.1) is 41.5 Å². The molecule has 2 heterocycles. The lowest BCUT2D eigenvalue weighted by molar-refractivity contribution is -0.140. The van der Waals surface area contributed by atoms with Gasteiger partial charge in [0.05, 0.1) is 22.8 Å². The van der Waals surface area contributed by atoms with Gasteiger partial charge < -0.3 is 97.6 Å². The van der Waals surface area contributed by atoms with Gasteiger partial charge >= 0.3 is 35.8 Å². The standard InChI is InChI=1S/C110H128N6O26/c1-11-15-41-133-45-25-37-113(63-81-49-71(5)51-83(101(81)137-65-95(117)118)85-53-73(7)55-87(103(85)139-67-97(121)122)89-57-75(9)59-93(105(89)141-69-99(125)126)115(39-27-47-135-43-17-13-3)109(131)77-29-21-19-22-30-77)107(129)79-33-35-111-91(61-79)92-62-80(34-36-112-92)108(130)114(38-26-46-134-42-16-12-2)64-82-50-72(6)52-84(102(82)138-66-96(119)120)86-54-74(8)56-88(104(86)140-68-98(123)124)90-58-76(10)60-94(106(90)142-70-100(127)128)116(40-28-48-136-44-18-14-4)110(132)78-31-23-20-24-32-78/h19-24,29-36,49-62H,11-18,25-28,37-48,63-70H2,1-10H3,(H,117,118)(H,119,120)(H,121,122)(H,123,124)(H,125,126)(H,127,128). The quantitative estimate of drug-likeness (QED) is 0.0193. The van der Waals surface area contributed by atoms with E-state index < -0.39 is 99.1 Å². The molecule has 0 spiro atoms. The number of ether oxygens (including phenoxy) is 10. The second-order valence-corrected chi connectivity index (χ2v) is 34.6. The van der Waals surface area contributed by atoms with Gasteiger partial charge in [0.2, 0.25) is 0 Å². The fraction of sp³-hybridized carbons (Fsp3) is 0.382. The van der Waals surface area contributed by atoms with Crippen LogP contribution in [0.2, 0.25) is 0 Å². The van der Waals surface area contributed by atoms with Crippen LogP contribution < -0.4 is 38.2 Å². The Balaban J connectivity index is 1.07. The van der Waals surface area contributed by atoms with E-state index in [0.29, 0.717) is 108 Å². The first kappa shape index (κ1) is 109. The third-order valence-corrected chi connectivity index (χ3v) is 22.7. The van der Waals surface area contributed by atoms with Gasteiger partial charge in [-0.15, -0.1) is 0 Å². The van der Waals surface area contributed by atoms with E-state index in [1.165, 1.54) is 56.3 Å². The molecule has 0 fully saturated rings. The lowest BCUT2D eigenvalue weighted by atomic mass is 9.90. The average molecular weight is 1950 g/mol. The molecule has 0 saturated carbocycles. The number of aryl methyl sites for hydroxylation is 6. The number of aromatic nitrogens is 2. The van der Waals surface area contributed by atoms with E-state index in [9.17, 15) is 69.0 Å². The van der Waals surface area contributed by atoms with E-state index in [1.807, 2.05) is 27.7 Å². The molecule has 754 valence electrons. The summed E-state index contributed by atoms with van der Waals surface area (Å²) in [6.45, 7) is 16.0. The third kappa shape index (κ3) is 31.7. The smallest absolute Gasteiger partial charge is 0.341 e. The number of hydrogen-bond acceptors (Lipinski definition) is 22. The number of benzene rings is 8. The monoisotopic (exact) mass is 1950 g/mol.